The summed E-state index contributed by atoms with van der Waals surface area (Å²) in [4.78, 5) is 20.7. The van der Waals surface area contributed by atoms with Gasteiger partial charge in [0.25, 0.3) is 5.56 Å². The van der Waals surface area contributed by atoms with Gasteiger partial charge in [-0.2, -0.15) is 0 Å². The number of hydrogen-bond donors (Lipinski definition) is 0. The lowest BCUT2D eigenvalue weighted by atomic mass is 10.1. The highest BCUT2D eigenvalue weighted by Gasteiger charge is 2.10. The van der Waals surface area contributed by atoms with Crippen LogP contribution in [0.2, 0.25) is 5.15 Å². The molecule has 1 aromatic carbocycles. The van der Waals surface area contributed by atoms with E-state index < -0.39 is 0 Å². The molecule has 112 valence electrons. The molecule has 0 N–H and O–H groups in total. The molecule has 5 nitrogen and oxygen atoms in total. The summed E-state index contributed by atoms with van der Waals surface area (Å²) in [7, 11) is 1.62. The minimum atomic E-state index is -0.156. The summed E-state index contributed by atoms with van der Waals surface area (Å²) in [5.41, 5.74) is 2.28. The number of fused-ring (bicyclic) bond motifs is 1. The number of hydrogen-bond acceptors (Lipinski definition) is 4. The van der Waals surface area contributed by atoms with Crippen molar-refractivity contribution in [2.45, 2.75) is 13.5 Å². The summed E-state index contributed by atoms with van der Waals surface area (Å²) in [6.07, 6.45) is 2.99. The molecular weight excluding hydrogens is 302 g/mol. The fourth-order valence-corrected chi connectivity index (χ4v) is 2.54. The van der Waals surface area contributed by atoms with Gasteiger partial charge in [-0.05, 0) is 24.6 Å². The Morgan fingerprint density at radius 3 is 2.86 bits per heavy atom. The van der Waals surface area contributed by atoms with Gasteiger partial charge in [0, 0.05) is 11.8 Å². The first-order valence-electron chi connectivity index (χ1n) is 6.73. The molecule has 2 heterocycles. The van der Waals surface area contributed by atoms with E-state index in [-0.39, 0.29) is 10.7 Å². The Hall–Kier alpha value is -2.40. The number of benzene rings is 1. The van der Waals surface area contributed by atoms with Gasteiger partial charge < -0.3 is 4.74 Å². The maximum Gasteiger partial charge on any atom is 0.261 e. The molecular formula is C16H14ClN3O2. The van der Waals surface area contributed by atoms with E-state index in [1.54, 1.807) is 13.2 Å². The summed E-state index contributed by atoms with van der Waals surface area (Å²) in [6, 6.07) is 7.50. The number of halogens is 1. The molecule has 0 radical (unpaired) electrons. The molecule has 0 aliphatic rings. The van der Waals surface area contributed by atoms with Gasteiger partial charge in [0.2, 0.25) is 0 Å². The molecule has 6 heteroatoms. The molecule has 0 fully saturated rings. The van der Waals surface area contributed by atoms with Gasteiger partial charge in [-0.3, -0.25) is 9.36 Å². The zero-order chi connectivity index (χ0) is 15.7. The van der Waals surface area contributed by atoms with Crippen molar-refractivity contribution >= 4 is 22.5 Å². The Kier molecular flexibility index (Phi) is 3.81. The molecule has 0 aliphatic carbocycles. The van der Waals surface area contributed by atoms with E-state index in [9.17, 15) is 4.79 Å². The molecule has 0 unspecified atom stereocenters. The molecule has 0 bridgehead atoms. The Labute approximate surface area is 132 Å². The maximum absolute atomic E-state index is 12.5. The van der Waals surface area contributed by atoms with Gasteiger partial charge in [0.1, 0.15) is 11.3 Å². The molecule has 0 amide bonds. The number of aromatic nitrogens is 3. The molecule has 0 spiro atoms. The Balaban J connectivity index is 2.09. The largest absolute Gasteiger partial charge is 0.496 e. The first-order valence-corrected chi connectivity index (χ1v) is 7.11. The zero-order valence-corrected chi connectivity index (χ0v) is 13.0. The van der Waals surface area contributed by atoms with Crippen molar-refractivity contribution in [1.82, 2.24) is 14.5 Å². The topological polar surface area (TPSA) is 57.0 Å². The molecule has 3 aromatic rings. The van der Waals surface area contributed by atoms with Crippen LogP contribution in [0.15, 0.2) is 41.6 Å². The van der Waals surface area contributed by atoms with E-state index in [4.69, 9.17) is 16.3 Å². The predicted octanol–water partition coefficient (Wildman–Crippen LogP) is 2.81. The summed E-state index contributed by atoms with van der Waals surface area (Å²) in [5.74, 6) is 0.750. The third kappa shape index (κ3) is 2.55. The number of pyridine rings is 1. The van der Waals surface area contributed by atoms with Gasteiger partial charge in [-0.25, -0.2) is 9.97 Å². The highest BCUT2D eigenvalue weighted by atomic mass is 35.5. The van der Waals surface area contributed by atoms with E-state index >= 15 is 0 Å². The lowest BCUT2D eigenvalue weighted by molar-refractivity contribution is 0.407. The lowest BCUT2D eigenvalue weighted by Crippen LogP contribution is -2.21. The van der Waals surface area contributed by atoms with E-state index in [0.29, 0.717) is 17.4 Å². The SMILES string of the molecule is COc1cc(C)ccc1Cn1cnc2c(Cl)nccc2c1=O. The number of nitrogens with zero attached hydrogens (tertiary/aromatic N) is 3. The second kappa shape index (κ2) is 5.77. The van der Waals surface area contributed by atoms with Crippen molar-refractivity contribution in [2.75, 3.05) is 7.11 Å². The number of methoxy groups -OCH3 is 1. The minimum Gasteiger partial charge on any atom is -0.496 e. The molecule has 0 atom stereocenters. The van der Waals surface area contributed by atoms with Crippen LogP contribution in [-0.2, 0) is 6.54 Å². The van der Waals surface area contributed by atoms with E-state index in [2.05, 4.69) is 9.97 Å². The summed E-state index contributed by atoms with van der Waals surface area (Å²) < 4.78 is 6.91. The van der Waals surface area contributed by atoms with Crippen LogP contribution in [-0.4, -0.2) is 21.6 Å². The Bertz CT molecular complexity index is 906. The molecule has 0 saturated carbocycles. The Morgan fingerprint density at radius 2 is 2.09 bits per heavy atom. The molecule has 22 heavy (non-hydrogen) atoms. The van der Waals surface area contributed by atoms with Crippen molar-refractivity contribution in [2.24, 2.45) is 0 Å². The van der Waals surface area contributed by atoms with Crippen LogP contribution in [0.3, 0.4) is 0 Å². The van der Waals surface area contributed by atoms with E-state index in [0.717, 1.165) is 16.9 Å². The van der Waals surface area contributed by atoms with Crippen LogP contribution in [0.25, 0.3) is 10.9 Å². The minimum absolute atomic E-state index is 0.156. The monoisotopic (exact) mass is 315 g/mol. The lowest BCUT2D eigenvalue weighted by Gasteiger charge is -2.11. The Morgan fingerprint density at radius 1 is 1.27 bits per heavy atom. The fourth-order valence-electron chi connectivity index (χ4n) is 2.34. The number of ether oxygens (including phenoxy) is 1. The van der Waals surface area contributed by atoms with Crippen molar-refractivity contribution in [1.29, 1.82) is 0 Å². The van der Waals surface area contributed by atoms with Crippen molar-refractivity contribution < 1.29 is 4.74 Å². The predicted molar refractivity (Wildman–Crippen MR) is 85.6 cm³/mol. The molecule has 3 rings (SSSR count). The number of aryl methyl sites for hydroxylation is 1. The van der Waals surface area contributed by atoms with Crippen LogP contribution in [0.4, 0.5) is 0 Å². The zero-order valence-electron chi connectivity index (χ0n) is 12.2. The van der Waals surface area contributed by atoms with Crippen LogP contribution >= 0.6 is 11.6 Å². The first kappa shape index (κ1) is 14.5. The molecule has 0 saturated heterocycles. The van der Waals surface area contributed by atoms with Crippen molar-refractivity contribution in [3.63, 3.8) is 0 Å². The van der Waals surface area contributed by atoms with Crippen LogP contribution in [0, 0.1) is 6.92 Å². The maximum atomic E-state index is 12.5. The van der Waals surface area contributed by atoms with Gasteiger partial charge in [0.05, 0.1) is 25.4 Å². The smallest absolute Gasteiger partial charge is 0.261 e. The van der Waals surface area contributed by atoms with Gasteiger partial charge in [-0.15, -0.1) is 0 Å². The molecule has 0 aliphatic heterocycles. The second-order valence-electron chi connectivity index (χ2n) is 4.99. The third-order valence-electron chi connectivity index (χ3n) is 3.48. The van der Waals surface area contributed by atoms with Gasteiger partial charge >= 0.3 is 0 Å². The average Bonchev–Trinajstić information content (AvgIpc) is 2.52. The highest BCUT2D eigenvalue weighted by Crippen LogP contribution is 2.21. The number of rotatable bonds is 3. The quantitative estimate of drug-likeness (QED) is 0.697. The summed E-state index contributed by atoms with van der Waals surface area (Å²) in [6.45, 7) is 2.37. The summed E-state index contributed by atoms with van der Waals surface area (Å²) in [5, 5.41) is 0.684. The highest BCUT2D eigenvalue weighted by molar-refractivity contribution is 6.33. The van der Waals surface area contributed by atoms with E-state index in [1.165, 1.54) is 17.1 Å². The van der Waals surface area contributed by atoms with Gasteiger partial charge in [0.15, 0.2) is 5.15 Å². The van der Waals surface area contributed by atoms with Crippen LogP contribution in [0.5, 0.6) is 5.75 Å². The average molecular weight is 316 g/mol. The standard InChI is InChI=1S/C16H14ClN3O2/c1-10-3-4-11(13(7-10)22-2)8-20-9-19-14-12(16(20)21)5-6-18-15(14)17/h3-7,9H,8H2,1-2H3. The van der Waals surface area contributed by atoms with Crippen molar-refractivity contribution in [3.05, 3.63) is 63.4 Å². The third-order valence-corrected chi connectivity index (χ3v) is 3.76. The fraction of sp³-hybridized carbons (Fsp3) is 0.188. The van der Waals surface area contributed by atoms with Crippen LogP contribution < -0.4 is 10.3 Å². The van der Waals surface area contributed by atoms with Crippen molar-refractivity contribution in [3.8, 4) is 5.75 Å². The normalized spacial score (nSPS) is 10.9. The van der Waals surface area contributed by atoms with Crippen LogP contribution in [0.1, 0.15) is 11.1 Å². The second-order valence-corrected chi connectivity index (χ2v) is 5.35. The van der Waals surface area contributed by atoms with E-state index in [1.807, 2.05) is 25.1 Å². The summed E-state index contributed by atoms with van der Waals surface area (Å²) >= 11 is 5.96. The van der Waals surface area contributed by atoms with Gasteiger partial charge in [-0.1, -0.05) is 23.7 Å². The molecule has 2 aromatic heterocycles. The first-order chi connectivity index (χ1) is 10.6.